The van der Waals surface area contributed by atoms with Gasteiger partial charge >= 0.3 is 5.97 Å². The molecule has 0 radical (unpaired) electrons. The van der Waals surface area contributed by atoms with E-state index in [1.807, 2.05) is 48.8 Å². The van der Waals surface area contributed by atoms with Crippen LogP contribution in [0.15, 0.2) is 60.9 Å². The fraction of sp³-hybridized carbons (Fsp3) is 0.346. The van der Waals surface area contributed by atoms with Crippen LogP contribution in [0.5, 0.6) is 5.75 Å². The molecular formula is C26H30N2O2. The van der Waals surface area contributed by atoms with Crippen LogP contribution in [0.3, 0.4) is 0 Å². The number of hydrogen-bond donors (Lipinski definition) is 0. The van der Waals surface area contributed by atoms with Gasteiger partial charge in [-0.1, -0.05) is 45.7 Å². The van der Waals surface area contributed by atoms with Gasteiger partial charge in [0.15, 0.2) is 5.82 Å². The fourth-order valence-electron chi connectivity index (χ4n) is 3.18. The normalized spacial score (nSPS) is 11.8. The molecule has 3 aromatic rings. The first-order chi connectivity index (χ1) is 14.6. The van der Waals surface area contributed by atoms with Crippen LogP contribution in [0.1, 0.15) is 61.5 Å². The molecule has 4 heteroatoms. The van der Waals surface area contributed by atoms with Gasteiger partial charge in [0.2, 0.25) is 0 Å². The molecule has 156 valence electrons. The lowest BCUT2D eigenvalue weighted by Crippen LogP contribution is -2.08. The minimum atomic E-state index is -0.352. The van der Waals surface area contributed by atoms with Crippen LogP contribution in [-0.4, -0.2) is 15.9 Å². The number of esters is 1. The zero-order valence-corrected chi connectivity index (χ0v) is 18.1. The van der Waals surface area contributed by atoms with Crippen molar-refractivity contribution in [2.45, 2.75) is 52.9 Å². The number of rotatable bonds is 9. The lowest BCUT2D eigenvalue weighted by atomic mass is 9.98. The van der Waals surface area contributed by atoms with Gasteiger partial charge in [-0.05, 0) is 72.7 Å². The van der Waals surface area contributed by atoms with Crippen LogP contribution >= 0.6 is 0 Å². The molecule has 0 aliphatic rings. The van der Waals surface area contributed by atoms with Crippen molar-refractivity contribution in [3.8, 4) is 17.1 Å². The van der Waals surface area contributed by atoms with Gasteiger partial charge in [0, 0.05) is 18.0 Å². The maximum absolute atomic E-state index is 12.4. The van der Waals surface area contributed by atoms with Gasteiger partial charge in [-0.25, -0.2) is 14.8 Å². The Morgan fingerprint density at radius 3 is 2.20 bits per heavy atom. The molecule has 0 amide bonds. The topological polar surface area (TPSA) is 52.1 Å². The monoisotopic (exact) mass is 402 g/mol. The van der Waals surface area contributed by atoms with Crippen LogP contribution in [0.25, 0.3) is 11.4 Å². The zero-order valence-electron chi connectivity index (χ0n) is 18.1. The Balaban J connectivity index is 1.60. The molecule has 1 unspecified atom stereocenters. The second-order valence-electron chi connectivity index (χ2n) is 7.85. The van der Waals surface area contributed by atoms with E-state index in [4.69, 9.17) is 4.74 Å². The van der Waals surface area contributed by atoms with Gasteiger partial charge in [0.25, 0.3) is 0 Å². The Morgan fingerprint density at radius 2 is 1.60 bits per heavy atom. The Bertz CT molecular complexity index is 932. The second kappa shape index (κ2) is 10.7. The van der Waals surface area contributed by atoms with Crippen LogP contribution in [0.4, 0.5) is 0 Å². The number of carbonyl (C=O) groups excluding carboxylic acids is 1. The summed E-state index contributed by atoms with van der Waals surface area (Å²) in [5, 5.41) is 0. The van der Waals surface area contributed by atoms with E-state index in [0.717, 1.165) is 43.2 Å². The molecule has 1 aromatic heterocycles. The van der Waals surface area contributed by atoms with Crippen molar-refractivity contribution in [1.82, 2.24) is 9.97 Å². The van der Waals surface area contributed by atoms with Crippen LogP contribution in [-0.2, 0) is 12.8 Å². The van der Waals surface area contributed by atoms with Gasteiger partial charge in [0.05, 0.1) is 5.56 Å². The van der Waals surface area contributed by atoms with Gasteiger partial charge in [-0.2, -0.15) is 0 Å². The van der Waals surface area contributed by atoms with Gasteiger partial charge in [0.1, 0.15) is 5.75 Å². The summed E-state index contributed by atoms with van der Waals surface area (Å²) in [5.41, 5.74) is 3.84. The molecule has 1 atom stereocenters. The third kappa shape index (κ3) is 5.99. The summed E-state index contributed by atoms with van der Waals surface area (Å²) in [7, 11) is 0. The molecule has 0 fully saturated rings. The molecule has 0 N–H and O–H groups in total. The van der Waals surface area contributed by atoms with Crippen molar-refractivity contribution in [1.29, 1.82) is 0 Å². The quantitative estimate of drug-likeness (QED) is 0.311. The van der Waals surface area contributed by atoms with E-state index in [9.17, 15) is 4.79 Å². The lowest BCUT2D eigenvalue weighted by Gasteiger charge is -2.09. The number of benzene rings is 2. The Labute approximate surface area is 179 Å². The molecule has 4 nitrogen and oxygen atoms in total. The van der Waals surface area contributed by atoms with E-state index >= 15 is 0 Å². The van der Waals surface area contributed by atoms with E-state index in [1.165, 1.54) is 5.56 Å². The molecule has 0 aliphatic carbocycles. The van der Waals surface area contributed by atoms with E-state index in [-0.39, 0.29) is 5.97 Å². The summed E-state index contributed by atoms with van der Waals surface area (Å²) in [5.74, 6) is 1.46. The number of ether oxygens (including phenoxy) is 1. The molecule has 2 aromatic carbocycles. The predicted octanol–water partition coefficient (Wildman–Crippen LogP) is 6.29. The first-order valence-electron chi connectivity index (χ1n) is 10.8. The third-order valence-electron chi connectivity index (χ3n) is 5.32. The molecule has 30 heavy (non-hydrogen) atoms. The number of unbranched alkanes of at least 4 members (excludes halogenated alkanes) is 1. The van der Waals surface area contributed by atoms with Gasteiger partial charge < -0.3 is 4.74 Å². The van der Waals surface area contributed by atoms with Gasteiger partial charge in [-0.15, -0.1) is 0 Å². The van der Waals surface area contributed by atoms with E-state index in [1.54, 1.807) is 12.1 Å². The second-order valence-corrected chi connectivity index (χ2v) is 7.85. The average Bonchev–Trinajstić information content (AvgIpc) is 2.79. The fourth-order valence-corrected chi connectivity index (χ4v) is 3.18. The molecule has 1 heterocycles. The predicted molar refractivity (Wildman–Crippen MR) is 121 cm³/mol. The molecule has 0 saturated carbocycles. The molecule has 0 aliphatic heterocycles. The maximum Gasteiger partial charge on any atom is 0.343 e. The van der Waals surface area contributed by atoms with E-state index in [2.05, 4.69) is 30.7 Å². The maximum atomic E-state index is 12.4. The summed E-state index contributed by atoms with van der Waals surface area (Å²) in [4.78, 5) is 21.3. The highest BCUT2D eigenvalue weighted by Gasteiger charge is 2.10. The minimum Gasteiger partial charge on any atom is -0.423 e. The number of carbonyl (C=O) groups is 1. The summed E-state index contributed by atoms with van der Waals surface area (Å²) in [6, 6.07) is 15.0. The van der Waals surface area contributed by atoms with Crippen molar-refractivity contribution in [3.05, 3.63) is 77.6 Å². The van der Waals surface area contributed by atoms with Crippen molar-refractivity contribution in [3.63, 3.8) is 0 Å². The first-order valence-corrected chi connectivity index (χ1v) is 10.8. The standard InChI is InChI=1S/C26H30N2O2/c1-4-6-7-21-17-27-25(28-18-21)22-12-14-24(15-13-22)30-26(29)23-10-8-20(9-11-23)16-19(3)5-2/h8-15,17-19H,4-7,16H2,1-3H3. The minimum absolute atomic E-state index is 0.352. The van der Waals surface area contributed by atoms with Crippen LogP contribution in [0.2, 0.25) is 0 Å². The Hall–Kier alpha value is -3.01. The molecular weight excluding hydrogens is 372 g/mol. The molecule has 0 spiro atoms. The summed E-state index contributed by atoms with van der Waals surface area (Å²) in [6.45, 7) is 6.60. The van der Waals surface area contributed by atoms with E-state index < -0.39 is 0 Å². The molecule has 0 bridgehead atoms. The van der Waals surface area contributed by atoms with Crippen molar-refractivity contribution >= 4 is 5.97 Å². The number of aromatic nitrogens is 2. The third-order valence-corrected chi connectivity index (χ3v) is 5.32. The van der Waals surface area contributed by atoms with Crippen molar-refractivity contribution in [2.24, 2.45) is 5.92 Å². The number of nitrogens with zero attached hydrogens (tertiary/aromatic N) is 2. The molecule has 3 rings (SSSR count). The van der Waals surface area contributed by atoms with Crippen LogP contribution in [0, 0.1) is 5.92 Å². The Kier molecular flexibility index (Phi) is 7.72. The van der Waals surface area contributed by atoms with Crippen molar-refractivity contribution in [2.75, 3.05) is 0 Å². The largest absolute Gasteiger partial charge is 0.423 e. The lowest BCUT2D eigenvalue weighted by molar-refractivity contribution is 0.0735. The average molecular weight is 403 g/mol. The number of hydrogen-bond acceptors (Lipinski definition) is 4. The smallest absolute Gasteiger partial charge is 0.343 e. The summed E-state index contributed by atoms with van der Waals surface area (Å²) >= 11 is 0. The highest BCUT2D eigenvalue weighted by atomic mass is 16.5. The Morgan fingerprint density at radius 1 is 0.933 bits per heavy atom. The van der Waals surface area contributed by atoms with Crippen molar-refractivity contribution < 1.29 is 9.53 Å². The first kappa shape index (κ1) is 21.7. The van der Waals surface area contributed by atoms with Crippen LogP contribution < -0.4 is 4.74 Å². The SMILES string of the molecule is CCCCc1cnc(-c2ccc(OC(=O)c3ccc(CC(C)CC)cc3)cc2)nc1. The van der Waals surface area contributed by atoms with Gasteiger partial charge in [-0.3, -0.25) is 0 Å². The summed E-state index contributed by atoms with van der Waals surface area (Å²) < 4.78 is 5.52. The zero-order chi connectivity index (χ0) is 21.3. The highest BCUT2D eigenvalue weighted by molar-refractivity contribution is 5.91. The number of aryl methyl sites for hydroxylation is 1. The molecule has 0 saturated heterocycles. The van der Waals surface area contributed by atoms with E-state index in [0.29, 0.717) is 23.1 Å². The highest BCUT2D eigenvalue weighted by Crippen LogP contribution is 2.21. The summed E-state index contributed by atoms with van der Waals surface area (Å²) in [6.07, 6.45) is 9.24.